The van der Waals surface area contributed by atoms with Crippen molar-refractivity contribution in [3.05, 3.63) is 0 Å². The molecule has 1 unspecified atom stereocenters. The third-order valence-corrected chi connectivity index (χ3v) is 1.86. The second-order valence-electron chi connectivity index (χ2n) is 3.03. The summed E-state index contributed by atoms with van der Waals surface area (Å²) < 4.78 is 0. The molecule has 0 aromatic carbocycles. The van der Waals surface area contributed by atoms with Crippen LogP contribution in [0.5, 0.6) is 0 Å². The quantitative estimate of drug-likeness (QED) is 0.517. The van der Waals surface area contributed by atoms with Crippen LogP contribution >= 0.6 is 0 Å². The number of rotatable bonds is 1. The summed E-state index contributed by atoms with van der Waals surface area (Å²) in [6.07, 6.45) is 1.35. The van der Waals surface area contributed by atoms with Crippen LogP contribution in [-0.4, -0.2) is 13.1 Å². The highest BCUT2D eigenvalue weighted by atomic mass is 15.0. The van der Waals surface area contributed by atoms with Gasteiger partial charge in [-0.05, 0) is 18.9 Å². The summed E-state index contributed by atoms with van der Waals surface area (Å²) in [5.41, 5.74) is 0.606. The van der Waals surface area contributed by atoms with Crippen molar-refractivity contribution in [2.45, 2.75) is 26.3 Å². The molecule has 1 rings (SSSR count). The second-order valence-corrected chi connectivity index (χ2v) is 3.03. The van der Waals surface area contributed by atoms with Crippen molar-refractivity contribution in [1.29, 1.82) is 0 Å². The van der Waals surface area contributed by atoms with Crippen LogP contribution in [0.4, 0.5) is 0 Å². The SMILES string of the molecule is CNC1CC1(C)C. The van der Waals surface area contributed by atoms with Gasteiger partial charge in [0.1, 0.15) is 0 Å². The van der Waals surface area contributed by atoms with E-state index >= 15 is 0 Å². The van der Waals surface area contributed by atoms with Gasteiger partial charge in [-0.25, -0.2) is 0 Å². The lowest BCUT2D eigenvalue weighted by Gasteiger charge is -1.97. The summed E-state index contributed by atoms with van der Waals surface area (Å²) in [6.45, 7) is 4.57. The van der Waals surface area contributed by atoms with Gasteiger partial charge in [-0.2, -0.15) is 0 Å². The maximum absolute atomic E-state index is 3.23. The predicted octanol–water partition coefficient (Wildman–Crippen LogP) is 1.00. The summed E-state index contributed by atoms with van der Waals surface area (Å²) in [7, 11) is 2.03. The molecule has 1 aliphatic rings. The molecule has 1 aliphatic carbocycles. The van der Waals surface area contributed by atoms with Crippen molar-refractivity contribution >= 4 is 0 Å². The zero-order valence-corrected chi connectivity index (χ0v) is 5.28. The van der Waals surface area contributed by atoms with E-state index in [4.69, 9.17) is 0 Å². The molecule has 42 valence electrons. The Morgan fingerprint density at radius 2 is 2.00 bits per heavy atom. The molecule has 1 N–H and O–H groups in total. The zero-order valence-electron chi connectivity index (χ0n) is 5.28. The summed E-state index contributed by atoms with van der Waals surface area (Å²) in [5, 5.41) is 3.23. The van der Waals surface area contributed by atoms with E-state index in [1.54, 1.807) is 0 Å². The lowest BCUT2D eigenvalue weighted by molar-refractivity contribution is 0.575. The predicted molar refractivity (Wildman–Crippen MR) is 31.2 cm³/mol. The number of hydrogen-bond acceptors (Lipinski definition) is 1. The monoisotopic (exact) mass is 99.1 g/mol. The molecule has 0 radical (unpaired) electrons. The number of hydrogen-bond donors (Lipinski definition) is 1. The minimum atomic E-state index is 0.606. The Labute approximate surface area is 45.1 Å². The van der Waals surface area contributed by atoms with Gasteiger partial charge in [0, 0.05) is 6.04 Å². The Hall–Kier alpha value is -0.0400. The molecule has 0 heterocycles. The van der Waals surface area contributed by atoms with Crippen molar-refractivity contribution in [2.24, 2.45) is 5.41 Å². The Balaban J connectivity index is 2.30. The van der Waals surface area contributed by atoms with Crippen LogP contribution in [0.1, 0.15) is 20.3 Å². The average Bonchev–Trinajstić information content (AvgIpc) is 2.13. The summed E-state index contributed by atoms with van der Waals surface area (Å²) in [5.74, 6) is 0. The summed E-state index contributed by atoms with van der Waals surface area (Å²) in [6, 6.07) is 0.799. The Morgan fingerprint density at radius 3 is 2.00 bits per heavy atom. The second kappa shape index (κ2) is 1.22. The first-order valence-electron chi connectivity index (χ1n) is 2.84. The molecule has 0 aliphatic heterocycles. The van der Waals surface area contributed by atoms with Gasteiger partial charge in [-0.15, -0.1) is 0 Å². The zero-order chi connectivity index (χ0) is 5.49. The lowest BCUT2D eigenvalue weighted by atomic mass is 10.2. The molecule has 7 heavy (non-hydrogen) atoms. The first-order chi connectivity index (χ1) is 3.17. The lowest BCUT2D eigenvalue weighted by Crippen LogP contribution is -2.13. The average molecular weight is 99.2 g/mol. The van der Waals surface area contributed by atoms with Crippen LogP contribution in [0, 0.1) is 5.41 Å². The van der Waals surface area contributed by atoms with E-state index < -0.39 is 0 Å². The van der Waals surface area contributed by atoms with Gasteiger partial charge < -0.3 is 5.32 Å². The maximum Gasteiger partial charge on any atom is 0.0121 e. The van der Waals surface area contributed by atoms with E-state index in [0.717, 1.165) is 6.04 Å². The smallest absolute Gasteiger partial charge is 0.0121 e. The Kier molecular flexibility index (Phi) is 0.890. The van der Waals surface area contributed by atoms with Gasteiger partial charge in [-0.3, -0.25) is 0 Å². The fraction of sp³-hybridized carbons (Fsp3) is 1.00. The third-order valence-electron chi connectivity index (χ3n) is 1.86. The topological polar surface area (TPSA) is 12.0 Å². The number of nitrogens with one attached hydrogen (secondary N) is 1. The molecular weight excluding hydrogens is 86.1 g/mol. The fourth-order valence-corrected chi connectivity index (χ4v) is 0.960. The third kappa shape index (κ3) is 0.778. The molecule has 1 fully saturated rings. The van der Waals surface area contributed by atoms with Crippen molar-refractivity contribution in [2.75, 3.05) is 7.05 Å². The first-order valence-corrected chi connectivity index (χ1v) is 2.84. The van der Waals surface area contributed by atoms with Gasteiger partial charge in [0.2, 0.25) is 0 Å². The van der Waals surface area contributed by atoms with Crippen molar-refractivity contribution < 1.29 is 0 Å². The molecule has 0 aromatic rings. The maximum atomic E-state index is 3.23. The van der Waals surface area contributed by atoms with Gasteiger partial charge in [0.05, 0.1) is 0 Å². The van der Waals surface area contributed by atoms with Gasteiger partial charge in [0.25, 0.3) is 0 Å². The molecule has 0 amide bonds. The van der Waals surface area contributed by atoms with Crippen LogP contribution in [0.2, 0.25) is 0 Å². The molecule has 1 saturated carbocycles. The van der Waals surface area contributed by atoms with E-state index in [1.807, 2.05) is 7.05 Å². The first kappa shape index (κ1) is 5.10. The van der Waals surface area contributed by atoms with Gasteiger partial charge in [-0.1, -0.05) is 13.8 Å². The normalized spacial score (nSPS) is 35.6. The van der Waals surface area contributed by atoms with Crippen molar-refractivity contribution in [3.63, 3.8) is 0 Å². The minimum Gasteiger partial charge on any atom is -0.316 e. The molecule has 0 spiro atoms. The molecule has 1 atom stereocenters. The Morgan fingerprint density at radius 1 is 1.57 bits per heavy atom. The van der Waals surface area contributed by atoms with Crippen LogP contribution in [0.15, 0.2) is 0 Å². The molecular formula is C6H13N. The van der Waals surface area contributed by atoms with Gasteiger partial charge in [0.15, 0.2) is 0 Å². The van der Waals surface area contributed by atoms with Gasteiger partial charge >= 0.3 is 0 Å². The van der Waals surface area contributed by atoms with E-state index in [9.17, 15) is 0 Å². The van der Waals surface area contributed by atoms with Crippen LogP contribution in [0.3, 0.4) is 0 Å². The fourth-order valence-electron chi connectivity index (χ4n) is 0.960. The highest BCUT2D eigenvalue weighted by Crippen LogP contribution is 2.44. The summed E-state index contributed by atoms with van der Waals surface area (Å²) >= 11 is 0. The Bertz CT molecular complexity index is 76.2. The summed E-state index contributed by atoms with van der Waals surface area (Å²) in [4.78, 5) is 0. The molecule has 1 heteroatoms. The van der Waals surface area contributed by atoms with Crippen molar-refractivity contribution in [1.82, 2.24) is 5.32 Å². The van der Waals surface area contributed by atoms with E-state index in [-0.39, 0.29) is 0 Å². The highest BCUT2D eigenvalue weighted by Gasteiger charge is 2.44. The van der Waals surface area contributed by atoms with Crippen LogP contribution in [-0.2, 0) is 0 Å². The molecule has 0 saturated heterocycles. The van der Waals surface area contributed by atoms with Crippen LogP contribution in [0.25, 0.3) is 0 Å². The molecule has 0 aromatic heterocycles. The van der Waals surface area contributed by atoms with E-state index in [0.29, 0.717) is 5.41 Å². The largest absolute Gasteiger partial charge is 0.316 e. The molecule has 0 bridgehead atoms. The molecule has 1 nitrogen and oxygen atoms in total. The van der Waals surface area contributed by atoms with E-state index in [1.165, 1.54) is 6.42 Å². The highest BCUT2D eigenvalue weighted by molar-refractivity contribution is 5.00. The standard InChI is InChI=1S/C6H13N/c1-6(2)4-5(6)7-3/h5,7H,4H2,1-3H3. The minimum absolute atomic E-state index is 0.606. The van der Waals surface area contributed by atoms with Crippen LogP contribution < -0.4 is 5.32 Å². The van der Waals surface area contributed by atoms with Crippen molar-refractivity contribution in [3.8, 4) is 0 Å². The van der Waals surface area contributed by atoms with E-state index in [2.05, 4.69) is 19.2 Å².